The van der Waals surface area contributed by atoms with Crippen LogP contribution in [0.1, 0.15) is 64.6 Å². The lowest BCUT2D eigenvalue weighted by Crippen LogP contribution is -2.23. The van der Waals surface area contributed by atoms with Gasteiger partial charge in [0, 0.05) is 50.0 Å². The van der Waals surface area contributed by atoms with E-state index in [1.807, 2.05) is 19.2 Å². The van der Waals surface area contributed by atoms with Gasteiger partial charge < -0.3 is 4.90 Å². The molecule has 204 valence electrons. The SMILES string of the molecule is C/C=C/N=C(/C=C/n1c(C)cc(C(C)Cc2cnn3c2CCC3)c(Cl)c1=O)c1cccc(C(=O)N(C)C)c1F. The first-order chi connectivity index (χ1) is 18.6. The topological polar surface area (TPSA) is 72.5 Å². The van der Waals surface area contributed by atoms with Crippen LogP contribution in [0.5, 0.6) is 0 Å². The molecule has 0 spiro atoms. The van der Waals surface area contributed by atoms with Crippen molar-refractivity contribution in [3.63, 3.8) is 0 Å². The zero-order chi connectivity index (χ0) is 28.3. The van der Waals surface area contributed by atoms with Gasteiger partial charge in [0.1, 0.15) is 10.8 Å². The lowest BCUT2D eigenvalue weighted by atomic mass is 9.93. The zero-order valence-electron chi connectivity index (χ0n) is 22.9. The summed E-state index contributed by atoms with van der Waals surface area (Å²) in [5.74, 6) is -1.11. The molecule has 0 fully saturated rings. The standard InChI is InChI=1S/C30H33ClFN5O2/c1-6-13-33-25(22-9-7-10-23(28(22)32)29(38)35(4)5)12-15-36-20(3)17-24(27(31)30(36)39)19(2)16-21-18-34-37-14-8-11-26(21)37/h6-7,9-10,12-13,15,17-19H,8,11,14,16H2,1-5H3/b13-6+,15-12+,33-25-. The molecule has 4 rings (SSSR count). The van der Waals surface area contributed by atoms with Crippen molar-refractivity contribution in [2.75, 3.05) is 14.1 Å². The number of carbonyl (C=O) groups excluding carboxylic acids is 1. The summed E-state index contributed by atoms with van der Waals surface area (Å²) in [6.07, 6.45) is 11.1. The van der Waals surface area contributed by atoms with Crippen LogP contribution >= 0.6 is 11.6 Å². The van der Waals surface area contributed by atoms with E-state index < -0.39 is 11.7 Å². The first-order valence-corrected chi connectivity index (χ1v) is 13.3. The Labute approximate surface area is 232 Å². The molecule has 0 radical (unpaired) electrons. The summed E-state index contributed by atoms with van der Waals surface area (Å²) in [7, 11) is 3.13. The fraction of sp³-hybridized carbons (Fsp3) is 0.333. The van der Waals surface area contributed by atoms with Gasteiger partial charge >= 0.3 is 0 Å². The molecule has 0 saturated heterocycles. The summed E-state index contributed by atoms with van der Waals surface area (Å²) >= 11 is 6.62. The van der Waals surface area contributed by atoms with Crippen LogP contribution in [0.25, 0.3) is 6.20 Å². The molecule has 9 heteroatoms. The summed E-state index contributed by atoms with van der Waals surface area (Å²) in [5.41, 5.74) is 3.91. The van der Waals surface area contributed by atoms with Gasteiger partial charge in [-0.25, -0.2) is 4.39 Å². The van der Waals surface area contributed by atoms with Gasteiger partial charge in [-0.3, -0.25) is 23.8 Å². The molecule has 7 nitrogen and oxygen atoms in total. The molecule has 1 amide bonds. The third-order valence-electron chi connectivity index (χ3n) is 6.94. The Kier molecular flexibility index (Phi) is 8.65. The number of allylic oxidation sites excluding steroid dienone is 2. The lowest BCUT2D eigenvalue weighted by molar-refractivity contribution is 0.0823. The minimum atomic E-state index is -0.679. The number of rotatable bonds is 8. The molecule has 0 aliphatic carbocycles. The first-order valence-electron chi connectivity index (χ1n) is 13.0. The third kappa shape index (κ3) is 5.81. The summed E-state index contributed by atoms with van der Waals surface area (Å²) in [6, 6.07) is 6.51. The van der Waals surface area contributed by atoms with Gasteiger partial charge in [-0.05, 0) is 74.4 Å². The van der Waals surface area contributed by atoms with Gasteiger partial charge in [-0.2, -0.15) is 5.10 Å². The average molecular weight is 550 g/mol. The van der Waals surface area contributed by atoms with E-state index in [0.717, 1.165) is 31.4 Å². The molecule has 1 aliphatic heterocycles. The second-order valence-corrected chi connectivity index (χ2v) is 10.3. The van der Waals surface area contributed by atoms with E-state index >= 15 is 4.39 Å². The van der Waals surface area contributed by atoms with Crippen LogP contribution in [0.4, 0.5) is 4.39 Å². The fourth-order valence-electron chi connectivity index (χ4n) is 4.87. The highest BCUT2D eigenvalue weighted by Gasteiger charge is 2.22. The maximum Gasteiger partial charge on any atom is 0.273 e. The molecule has 3 aromatic rings. The second-order valence-electron chi connectivity index (χ2n) is 9.96. The number of aromatic nitrogens is 3. The van der Waals surface area contributed by atoms with Crippen LogP contribution in [0.15, 0.2) is 58.6 Å². The molecule has 1 unspecified atom stereocenters. The van der Waals surface area contributed by atoms with Crippen molar-refractivity contribution in [1.29, 1.82) is 0 Å². The number of nitrogens with zero attached hydrogens (tertiary/aromatic N) is 5. The van der Waals surface area contributed by atoms with Gasteiger partial charge in [-0.1, -0.05) is 30.7 Å². The maximum atomic E-state index is 15.4. The van der Waals surface area contributed by atoms with Gasteiger partial charge in [0.2, 0.25) is 0 Å². The van der Waals surface area contributed by atoms with Crippen molar-refractivity contribution in [2.45, 2.75) is 52.5 Å². The van der Waals surface area contributed by atoms with Gasteiger partial charge in [0.05, 0.1) is 17.5 Å². The van der Waals surface area contributed by atoms with Crippen molar-refractivity contribution >= 4 is 29.4 Å². The average Bonchev–Trinajstić information content (AvgIpc) is 3.53. The van der Waals surface area contributed by atoms with Crippen molar-refractivity contribution in [2.24, 2.45) is 4.99 Å². The monoisotopic (exact) mass is 549 g/mol. The highest BCUT2D eigenvalue weighted by molar-refractivity contribution is 6.31. The smallest absolute Gasteiger partial charge is 0.273 e. The Morgan fingerprint density at radius 2 is 2.05 bits per heavy atom. The van der Waals surface area contributed by atoms with E-state index in [9.17, 15) is 9.59 Å². The van der Waals surface area contributed by atoms with Crippen LogP contribution < -0.4 is 5.56 Å². The molecule has 2 aromatic heterocycles. The number of hydrogen-bond donors (Lipinski definition) is 0. The molecule has 39 heavy (non-hydrogen) atoms. The molecule has 1 aromatic carbocycles. The van der Waals surface area contributed by atoms with E-state index in [0.29, 0.717) is 5.69 Å². The fourth-order valence-corrected chi connectivity index (χ4v) is 5.20. The van der Waals surface area contributed by atoms with Crippen LogP contribution in [0.3, 0.4) is 0 Å². The minimum absolute atomic E-state index is 0.0231. The number of amides is 1. The number of hydrogen-bond acceptors (Lipinski definition) is 4. The quantitative estimate of drug-likeness (QED) is 0.342. The van der Waals surface area contributed by atoms with E-state index in [2.05, 4.69) is 21.7 Å². The Hall–Kier alpha value is -3.78. The highest BCUT2D eigenvalue weighted by atomic mass is 35.5. The Balaban J connectivity index is 1.67. The normalized spacial score (nSPS) is 14.4. The van der Waals surface area contributed by atoms with Crippen molar-refractivity contribution < 1.29 is 9.18 Å². The molecule has 0 saturated carbocycles. The predicted molar refractivity (Wildman–Crippen MR) is 154 cm³/mol. The first kappa shape index (κ1) is 28.2. The summed E-state index contributed by atoms with van der Waals surface area (Å²) in [4.78, 5) is 31.5. The van der Waals surface area contributed by atoms with Gasteiger partial charge in [-0.15, -0.1) is 0 Å². The molecule has 1 aliphatic rings. The van der Waals surface area contributed by atoms with Crippen molar-refractivity contribution in [3.05, 3.63) is 104 Å². The van der Waals surface area contributed by atoms with E-state index in [4.69, 9.17) is 11.6 Å². The number of pyridine rings is 1. The Bertz CT molecular complexity index is 1550. The molecule has 1 atom stereocenters. The lowest BCUT2D eigenvalue weighted by Gasteiger charge is -2.16. The van der Waals surface area contributed by atoms with Crippen LogP contribution in [-0.4, -0.2) is 45.0 Å². The van der Waals surface area contributed by atoms with E-state index in [1.54, 1.807) is 45.3 Å². The molecule has 0 N–H and O–H groups in total. The molecule has 0 bridgehead atoms. The number of carbonyl (C=O) groups is 1. The minimum Gasteiger partial charge on any atom is -0.345 e. The number of fused-ring (bicyclic) bond motifs is 1. The number of aryl methyl sites for hydroxylation is 2. The zero-order valence-corrected chi connectivity index (χ0v) is 23.7. The molecular formula is C30H33ClFN5O2. The maximum absolute atomic E-state index is 15.4. The van der Waals surface area contributed by atoms with E-state index in [-0.39, 0.29) is 33.3 Å². The van der Waals surface area contributed by atoms with Crippen LogP contribution in [0, 0.1) is 12.7 Å². The summed E-state index contributed by atoms with van der Waals surface area (Å²) < 4.78 is 18.9. The highest BCUT2D eigenvalue weighted by Crippen LogP contribution is 2.29. The summed E-state index contributed by atoms with van der Waals surface area (Å²) in [6.45, 7) is 6.63. The second kappa shape index (κ2) is 11.9. The Morgan fingerprint density at radius 3 is 2.77 bits per heavy atom. The van der Waals surface area contributed by atoms with E-state index in [1.165, 1.54) is 39.2 Å². The number of benzene rings is 1. The van der Waals surface area contributed by atoms with Crippen LogP contribution in [-0.2, 0) is 19.4 Å². The van der Waals surface area contributed by atoms with Crippen LogP contribution in [0.2, 0.25) is 5.02 Å². The van der Waals surface area contributed by atoms with Crippen molar-refractivity contribution in [3.8, 4) is 0 Å². The Morgan fingerprint density at radius 1 is 1.31 bits per heavy atom. The number of aliphatic imine (C=N–C) groups is 1. The van der Waals surface area contributed by atoms with Gasteiger partial charge in [0.15, 0.2) is 0 Å². The largest absolute Gasteiger partial charge is 0.345 e. The molecule has 3 heterocycles. The summed E-state index contributed by atoms with van der Waals surface area (Å²) in [5, 5.41) is 4.63. The molecular weight excluding hydrogens is 517 g/mol. The third-order valence-corrected chi connectivity index (χ3v) is 7.32. The van der Waals surface area contributed by atoms with Crippen molar-refractivity contribution in [1.82, 2.24) is 19.2 Å². The number of halogens is 2. The predicted octanol–water partition coefficient (Wildman–Crippen LogP) is 5.63. The van der Waals surface area contributed by atoms with Gasteiger partial charge in [0.25, 0.3) is 11.5 Å².